The van der Waals surface area contributed by atoms with Crippen LogP contribution in [0.25, 0.3) is 0 Å². The summed E-state index contributed by atoms with van der Waals surface area (Å²) in [5, 5.41) is 3.32. The van der Waals surface area contributed by atoms with Gasteiger partial charge < -0.3 is 11.1 Å². The molecule has 18 heavy (non-hydrogen) atoms. The molecule has 0 aliphatic rings. The van der Waals surface area contributed by atoms with Gasteiger partial charge in [0.15, 0.2) is 0 Å². The van der Waals surface area contributed by atoms with Crippen molar-refractivity contribution in [3.63, 3.8) is 0 Å². The van der Waals surface area contributed by atoms with Gasteiger partial charge in [-0.15, -0.1) is 11.3 Å². The molecule has 96 valence electrons. The second kappa shape index (κ2) is 5.67. The van der Waals surface area contributed by atoms with Gasteiger partial charge in [0, 0.05) is 16.9 Å². The molecule has 2 aromatic rings. The maximum absolute atomic E-state index is 5.87. The van der Waals surface area contributed by atoms with Crippen molar-refractivity contribution in [2.45, 2.75) is 26.8 Å². The van der Waals surface area contributed by atoms with E-state index in [2.05, 4.69) is 37.3 Å². The van der Waals surface area contributed by atoms with Gasteiger partial charge in [0.2, 0.25) is 0 Å². The molecule has 4 nitrogen and oxygen atoms in total. The van der Waals surface area contributed by atoms with Crippen molar-refractivity contribution >= 4 is 38.9 Å². The Hall–Kier alpha value is -1.14. The smallest absolute Gasteiger partial charge is 0.135 e. The Bertz CT molecular complexity index is 553. The lowest BCUT2D eigenvalue weighted by Crippen LogP contribution is -2.08. The lowest BCUT2D eigenvalue weighted by Gasteiger charge is -2.10. The first-order valence-corrected chi connectivity index (χ1v) is 7.32. The third-order valence-electron chi connectivity index (χ3n) is 2.60. The SMILES string of the molecule is CCc1nc(N)c(C)c(NCc2ccc(Br)s2)n1. The summed E-state index contributed by atoms with van der Waals surface area (Å²) >= 11 is 5.16. The van der Waals surface area contributed by atoms with Gasteiger partial charge in [-0.05, 0) is 35.0 Å². The molecule has 0 fully saturated rings. The molecule has 0 saturated carbocycles. The van der Waals surface area contributed by atoms with E-state index in [0.29, 0.717) is 5.82 Å². The van der Waals surface area contributed by atoms with Crippen LogP contribution in [0.5, 0.6) is 0 Å². The summed E-state index contributed by atoms with van der Waals surface area (Å²) < 4.78 is 1.13. The number of nitrogen functional groups attached to an aromatic ring is 1. The molecule has 0 radical (unpaired) electrons. The summed E-state index contributed by atoms with van der Waals surface area (Å²) in [6, 6.07) is 4.13. The van der Waals surface area contributed by atoms with Crippen molar-refractivity contribution in [1.82, 2.24) is 9.97 Å². The van der Waals surface area contributed by atoms with Crippen LogP contribution in [-0.4, -0.2) is 9.97 Å². The quantitative estimate of drug-likeness (QED) is 0.904. The van der Waals surface area contributed by atoms with E-state index >= 15 is 0 Å². The van der Waals surface area contributed by atoms with Crippen molar-refractivity contribution in [3.05, 3.63) is 32.2 Å². The summed E-state index contributed by atoms with van der Waals surface area (Å²) in [6.07, 6.45) is 0.781. The molecule has 3 N–H and O–H groups in total. The number of aromatic nitrogens is 2. The lowest BCUT2D eigenvalue weighted by atomic mass is 10.3. The van der Waals surface area contributed by atoms with Crippen LogP contribution in [0.15, 0.2) is 15.9 Å². The van der Waals surface area contributed by atoms with E-state index in [0.717, 1.165) is 34.0 Å². The van der Waals surface area contributed by atoms with Gasteiger partial charge in [-0.1, -0.05) is 6.92 Å². The molecular formula is C12H15BrN4S. The maximum atomic E-state index is 5.87. The van der Waals surface area contributed by atoms with Gasteiger partial charge in [0.1, 0.15) is 17.5 Å². The molecule has 0 saturated heterocycles. The Balaban J connectivity index is 2.15. The van der Waals surface area contributed by atoms with E-state index in [9.17, 15) is 0 Å². The molecule has 0 amide bonds. The van der Waals surface area contributed by atoms with Crippen molar-refractivity contribution < 1.29 is 0 Å². The Labute approximate surface area is 119 Å². The van der Waals surface area contributed by atoms with Crippen molar-refractivity contribution in [3.8, 4) is 0 Å². The molecule has 0 aliphatic heterocycles. The van der Waals surface area contributed by atoms with Crippen LogP contribution in [0.3, 0.4) is 0 Å². The number of hydrogen-bond donors (Lipinski definition) is 2. The van der Waals surface area contributed by atoms with E-state index in [1.54, 1.807) is 11.3 Å². The standard InChI is InChI=1S/C12H15BrN4S/c1-3-10-16-11(14)7(2)12(17-10)15-6-8-4-5-9(13)18-8/h4-5H,3,6H2,1-2H3,(H3,14,15,16,17). The summed E-state index contributed by atoms with van der Waals surface area (Å²) in [5.74, 6) is 2.15. The van der Waals surface area contributed by atoms with Crippen LogP contribution < -0.4 is 11.1 Å². The van der Waals surface area contributed by atoms with Crippen LogP contribution in [0.1, 0.15) is 23.2 Å². The summed E-state index contributed by atoms with van der Waals surface area (Å²) in [5.41, 5.74) is 6.78. The fourth-order valence-corrected chi connectivity index (χ4v) is 2.95. The minimum absolute atomic E-state index is 0.553. The van der Waals surface area contributed by atoms with Crippen LogP contribution in [-0.2, 0) is 13.0 Å². The summed E-state index contributed by atoms with van der Waals surface area (Å²) in [6.45, 7) is 4.70. The summed E-state index contributed by atoms with van der Waals surface area (Å²) in [7, 11) is 0. The number of nitrogens with two attached hydrogens (primary N) is 1. The fraction of sp³-hybridized carbons (Fsp3) is 0.333. The van der Waals surface area contributed by atoms with Gasteiger partial charge in [0.25, 0.3) is 0 Å². The van der Waals surface area contributed by atoms with Gasteiger partial charge >= 0.3 is 0 Å². The predicted octanol–water partition coefficient (Wildman–Crippen LogP) is 3.37. The maximum Gasteiger partial charge on any atom is 0.135 e. The van der Waals surface area contributed by atoms with Crippen molar-refractivity contribution in [2.75, 3.05) is 11.1 Å². The van der Waals surface area contributed by atoms with Gasteiger partial charge in [-0.3, -0.25) is 0 Å². The van der Waals surface area contributed by atoms with E-state index < -0.39 is 0 Å². The Kier molecular flexibility index (Phi) is 4.19. The number of halogens is 1. The number of rotatable bonds is 4. The normalized spacial score (nSPS) is 10.6. The molecule has 0 aromatic carbocycles. The van der Waals surface area contributed by atoms with Crippen molar-refractivity contribution in [1.29, 1.82) is 0 Å². The first-order chi connectivity index (χ1) is 8.60. The third kappa shape index (κ3) is 3.00. The second-order valence-corrected chi connectivity index (χ2v) is 6.46. The van der Waals surface area contributed by atoms with Gasteiger partial charge in [-0.25, -0.2) is 9.97 Å². The average Bonchev–Trinajstić information content (AvgIpc) is 2.77. The molecule has 2 aromatic heterocycles. The highest BCUT2D eigenvalue weighted by Crippen LogP contribution is 2.24. The average molecular weight is 327 g/mol. The number of aryl methyl sites for hydroxylation is 1. The number of anilines is 2. The minimum atomic E-state index is 0.553. The van der Waals surface area contributed by atoms with E-state index in [1.165, 1.54) is 4.88 Å². The number of thiophene rings is 1. The number of nitrogens with zero attached hydrogens (tertiary/aromatic N) is 2. The highest BCUT2D eigenvalue weighted by atomic mass is 79.9. The van der Waals surface area contributed by atoms with Crippen molar-refractivity contribution in [2.24, 2.45) is 0 Å². The summed E-state index contributed by atoms with van der Waals surface area (Å²) in [4.78, 5) is 9.94. The van der Waals surface area contributed by atoms with Crippen LogP contribution >= 0.6 is 27.3 Å². The first-order valence-electron chi connectivity index (χ1n) is 5.71. The molecule has 0 unspecified atom stereocenters. The predicted molar refractivity (Wildman–Crippen MR) is 79.9 cm³/mol. The lowest BCUT2D eigenvalue weighted by molar-refractivity contribution is 0.930. The highest BCUT2D eigenvalue weighted by Gasteiger charge is 2.08. The zero-order valence-electron chi connectivity index (χ0n) is 10.3. The number of nitrogens with one attached hydrogen (secondary N) is 1. The van der Waals surface area contributed by atoms with E-state index in [-0.39, 0.29) is 0 Å². The Morgan fingerprint density at radius 3 is 2.78 bits per heavy atom. The van der Waals surface area contributed by atoms with Crippen LogP contribution in [0.2, 0.25) is 0 Å². The first kappa shape index (κ1) is 13.3. The molecule has 2 heterocycles. The highest BCUT2D eigenvalue weighted by molar-refractivity contribution is 9.11. The molecule has 0 bridgehead atoms. The number of hydrogen-bond acceptors (Lipinski definition) is 5. The molecule has 0 spiro atoms. The molecule has 6 heteroatoms. The largest absolute Gasteiger partial charge is 0.383 e. The molecule has 2 rings (SSSR count). The zero-order chi connectivity index (χ0) is 13.1. The molecule has 0 atom stereocenters. The van der Waals surface area contributed by atoms with E-state index in [4.69, 9.17) is 5.73 Å². The zero-order valence-corrected chi connectivity index (χ0v) is 12.7. The topological polar surface area (TPSA) is 63.8 Å². The van der Waals surface area contributed by atoms with Crippen LogP contribution in [0.4, 0.5) is 11.6 Å². The monoisotopic (exact) mass is 326 g/mol. The third-order valence-corrected chi connectivity index (χ3v) is 4.23. The van der Waals surface area contributed by atoms with Gasteiger partial charge in [0.05, 0.1) is 10.3 Å². The molecular weight excluding hydrogens is 312 g/mol. The Morgan fingerprint density at radius 1 is 1.39 bits per heavy atom. The van der Waals surface area contributed by atoms with Gasteiger partial charge in [-0.2, -0.15) is 0 Å². The second-order valence-electron chi connectivity index (χ2n) is 3.91. The van der Waals surface area contributed by atoms with E-state index in [1.807, 2.05) is 19.9 Å². The van der Waals surface area contributed by atoms with Crippen LogP contribution in [0, 0.1) is 6.92 Å². The fourth-order valence-electron chi connectivity index (χ4n) is 1.53. The Morgan fingerprint density at radius 2 is 2.17 bits per heavy atom. The molecule has 0 aliphatic carbocycles. The minimum Gasteiger partial charge on any atom is -0.383 e.